The summed E-state index contributed by atoms with van der Waals surface area (Å²) in [5, 5.41) is 2.95. The lowest BCUT2D eigenvalue weighted by molar-refractivity contribution is 0.390. The Bertz CT molecular complexity index is 1060. The fraction of sp³-hybridized carbons (Fsp3) is 0.222. The topological polar surface area (TPSA) is 101 Å². The average Bonchev–Trinajstić information content (AvgIpc) is 3.20. The van der Waals surface area contributed by atoms with Crippen LogP contribution < -0.4 is 5.32 Å². The third-order valence-electron chi connectivity index (χ3n) is 4.42. The van der Waals surface area contributed by atoms with Crippen molar-refractivity contribution in [3.8, 4) is 0 Å². The first kappa shape index (κ1) is 18.4. The minimum absolute atomic E-state index is 0.0562. The van der Waals surface area contributed by atoms with Gasteiger partial charge in [-0.25, -0.2) is 27.8 Å². The Labute approximate surface area is 161 Å². The van der Waals surface area contributed by atoms with Crippen molar-refractivity contribution in [2.24, 2.45) is 0 Å². The Morgan fingerprint density at radius 2 is 1.86 bits per heavy atom. The average molecular weight is 400 g/mol. The summed E-state index contributed by atoms with van der Waals surface area (Å²) in [6, 6.07) is 6.09. The molecule has 1 saturated heterocycles. The maximum Gasteiger partial charge on any atom is 0.243 e. The van der Waals surface area contributed by atoms with Crippen molar-refractivity contribution in [1.29, 1.82) is 0 Å². The Kier molecular flexibility index (Phi) is 4.97. The molecule has 28 heavy (non-hydrogen) atoms. The Balaban J connectivity index is 1.61. The van der Waals surface area contributed by atoms with Gasteiger partial charge in [0, 0.05) is 18.9 Å². The third-order valence-corrected chi connectivity index (χ3v) is 6.35. The molecular weight excluding hydrogens is 383 g/mol. The van der Waals surface area contributed by atoms with E-state index < -0.39 is 21.9 Å². The molecule has 2 aromatic heterocycles. The van der Waals surface area contributed by atoms with Crippen LogP contribution in [0.5, 0.6) is 0 Å². The first-order valence-electron chi connectivity index (χ1n) is 8.67. The molecule has 0 spiro atoms. The van der Waals surface area contributed by atoms with E-state index in [0.29, 0.717) is 36.8 Å². The van der Waals surface area contributed by atoms with Gasteiger partial charge in [-0.05, 0) is 43.2 Å². The Hall–Kier alpha value is -2.98. The summed E-state index contributed by atoms with van der Waals surface area (Å²) in [6.45, 7) is 0.367. The smallest absolute Gasteiger partial charge is 0.243 e. The van der Waals surface area contributed by atoms with E-state index in [0.717, 1.165) is 12.1 Å². The highest BCUT2D eigenvalue weighted by Gasteiger charge is 2.37. The lowest BCUT2D eigenvalue weighted by Crippen LogP contribution is -2.31. The number of halogens is 1. The fourth-order valence-electron chi connectivity index (χ4n) is 3.15. The van der Waals surface area contributed by atoms with Gasteiger partial charge < -0.3 is 5.32 Å². The predicted molar refractivity (Wildman–Crippen MR) is 99.6 cm³/mol. The van der Waals surface area contributed by atoms with Gasteiger partial charge in [-0.2, -0.15) is 4.31 Å². The normalized spacial score (nSPS) is 17.5. The van der Waals surface area contributed by atoms with E-state index >= 15 is 0 Å². The number of rotatable bonds is 5. The maximum atomic E-state index is 13.2. The van der Waals surface area contributed by atoms with E-state index in [1.54, 1.807) is 24.7 Å². The highest BCUT2D eigenvalue weighted by Crippen LogP contribution is 2.35. The lowest BCUT2D eigenvalue weighted by atomic mass is 10.2. The first-order valence-corrected chi connectivity index (χ1v) is 10.1. The molecule has 1 N–H and O–H groups in total. The number of benzene rings is 1. The Morgan fingerprint density at radius 3 is 2.61 bits per heavy atom. The van der Waals surface area contributed by atoms with Crippen LogP contribution in [0.25, 0.3) is 0 Å². The zero-order valence-corrected chi connectivity index (χ0v) is 15.6. The molecule has 0 bridgehead atoms. The quantitative estimate of drug-likeness (QED) is 0.703. The van der Waals surface area contributed by atoms with Gasteiger partial charge in [0.05, 0.1) is 29.0 Å². The second-order valence-corrected chi connectivity index (χ2v) is 8.14. The summed E-state index contributed by atoms with van der Waals surface area (Å²) in [5.74, 6) is 0.315. The molecule has 4 rings (SSSR count). The minimum Gasteiger partial charge on any atom is -0.307 e. The molecule has 0 radical (unpaired) electrons. The van der Waals surface area contributed by atoms with Gasteiger partial charge in [-0.3, -0.25) is 4.98 Å². The summed E-state index contributed by atoms with van der Waals surface area (Å²) in [4.78, 5) is 16.9. The van der Waals surface area contributed by atoms with Crippen LogP contribution in [-0.4, -0.2) is 39.2 Å². The van der Waals surface area contributed by atoms with Crippen LogP contribution in [0.4, 0.5) is 16.2 Å². The summed E-state index contributed by atoms with van der Waals surface area (Å²) in [5.41, 5.74) is 0.532. The molecule has 0 amide bonds. The molecule has 1 aliphatic heterocycles. The van der Waals surface area contributed by atoms with Crippen molar-refractivity contribution in [3.63, 3.8) is 0 Å². The van der Waals surface area contributed by atoms with Crippen molar-refractivity contribution in [3.05, 3.63) is 66.6 Å². The van der Waals surface area contributed by atoms with E-state index in [4.69, 9.17) is 0 Å². The molecule has 1 fully saturated rings. The van der Waals surface area contributed by atoms with Crippen molar-refractivity contribution in [2.45, 2.75) is 23.8 Å². The lowest BCUT2D eigenvalue weighted by Gasteiger charge is -2.23. The van der Waals surface area contributed by atoms with Gasteiger partial charge in [0.1, 0.15) is 5.82 Å². The summed E-state index contributed by atoms with van der Waals surface area (Å²) in [7, 11) is -3.77. The largest absolute Gasteiger partial charge is 0.307 e. The van der Waals surface area contributed by atoms with Crippen LogP contribution in [0.2, 0.25) is 0 Å². The summed E-state index contributed by atoms with van der Waals surface area (Å²) in [6.07, 6.45) is 7.60. The van der Waals surface area contributed by atoms with E-state index in [-0.39, 0.29) is 4.90 Å². The number of sulfonamides is 1. The van der Waals surface area contributed by atoms with Gasteiger partial charge >= 0.3 is 0 Å². The van der Waals surface area contributed by atoms with Crippen molar-refractivity contribution >= 4 is 21.8 Å². The van der Waals surface area contributed by atoms with Crippen molar-refractivity contribution < 1.29 is 12.8 Å². The highest BCUT2D eigenvalue weighted by molar-refractivity contribution is 7.89. The number of aromatic nitrogens is 4. The molecular formula is C18H17FN6O2S. The zero-order chi connectivity index (χ0) is 19.6. The summed E-state index contributed by atoms with van der Waals surface area (Å²) < 4.78 is 40.6. The number of nitrogens with one attached hydrogen (secondary N) is 1. The van der Waals surface area contributed by atoms with Gasteiger partial charge in [0.2, 0.25) is 16.0 Å². The van der Waals surface area contributed by atoms with Crippen LogP contribution in [0.3, 0.4) is 0 Å². The van der Waals surface area contributed by atoms with E-state index in [9.17, 15) is 12.8 Å². The molecule has 10 heteroatoms. The molecule has 3 heterocycles. The molecule has 8 nitrogen and oxygen atoms in total. The van der Waals surface area contributed by atoms with Crippen LogP contribution in [-0.2, 0) is 10.0 Å². The second-order valence-electron chi connectivity index (χ2n) is 6.25. The minimum atomic E-state index is -3.77. The first-order chi connectivity index (χ1) is 13.5. The predicted octanol–water partition coefficient (Wildman–Crippen LogP) is 2.68. The number of anilines is 2. The standard InChI is InChI=1S/C18H17FN6O2S/c19-13-4-6-14(7-5-13)28(26,27)25-10-1-3-16(25)15-11-20-12-17(23-15)24-18-21-8-2-9-22-18/h2,4-9,11-12,16H,1,3,10H2,(H,21,22,23,24). The molecule has 1 aliphatic rings. The number of hydrogen-bond acceptors (Lipinski definition) is 7. The number of hydrogen-bond donors (Lipinski definition) is 1. The van der Waals surface area contributed by atoms with E-state index in [1.807, 2.05) is 0 Å². The third kappa shape index (κ3) is 3.69. The second kappa shape index (κ2) is 7.56. The molecule has 1 aromatic carbocycles. The van der Waals surface area contributed by atoms with Crippen molar-refractivity contribution in [1.82, 2.24) is 24.2 Å². The van der Waals surface area contributed by atoms with Crippen LogP contribution in [0.15, 0.2) is 60.0 Å². The maximum absolute atomic E-state index is 13.2. The van der Waals surface area contributed by atoms with Gasteiger partial charge in [0.15, 0.2) is 5.82 Å². The Morgan fingerprint density at radius 1 is 1.11 bits per heavy atom. The van der Waals surface area contributed by atoms with Crippen LogP contribution >= 0.6 is 0 Å². The van der Waals surface area contributed by atoms with Gasteiger partial charge in [-0.15, -0.1) is 0 Å². The van der Waals surface area contributed by atoms with Gasteiger partial charge in [-0.1, -0.05) is 0 Å². The molecule has 144 valence electrons. The molecule has 0 saturated carbocycles. The van der Waals surface area contributed by atoms with E-state index in [2.05, 4.69) is 25.3 Å². The molecule has 0 aliphatic carbocycles. The van der Waals surface area contributed by atoms with E-state index in [1.165, 1.54) is 22.6 Å². The molecule has 1 atom stereocenters. The SMILES string of the molecule is O=S(=O)(c1ccc(F)cc1)N1CCCC1c1cncc(Nc2ncccn2)n1. The monoisotopic (exact) mass is 400 g/mol. The fourth-order valence-corrected chi connectivity index (χ4v) is 4.81. The van der Waals surface area contributed by atoms with Crippen molar-refractivity contribution in [2.75, 3.05) is 11.9 Å². The highest BCUT2D eigenvalue weighted by atomic mass is 32.2. The van der Waals surface area contributed by atoms with Crippen LogP contribution in [0.1, 0.15) is 24.6 Å². The van der Waals surface area contributed by atoms with Gasteiger partial charge in [0.25, 0.3) is 0 Å². The molecule has 1 unspecified atom stereocenters. The number of nitrogens with zero attached hydrogens (tertiary/aromatic N) is 5. The summed E-state index contributed by atoms with van der Waals surface area (Å²) >= 11 is 0. The molecule has 3 aromatic rings. The zero-order valence-electron chi connectivity index (χ0n) is 14.7. The van der Waals surface area contributed by atoms with Crippen LogP contribution in [0, 0.1) is 5.82 Å².